The van der Waals surface area contributed by atoms with Gasteiger partial charge in [-0.05, 0) is 30.2 Å². The zero-order chi connectivity index (χ0) is 10.2. The van der Waals surface area contributed by atoms with Gasteiger partial charge in [0.05, 0.1) is 0 Å². The van der Waals surface area contributed by atoms with Crippen LogP contribution in [0.3, 0.4) is 0 Å². The molecule has 0 N–H and O–H groups in total. The fraction of sp³-hybridized carbons (Fsp3) is 0.429. The molecule has 14 heavy (non-hydrogen) atoms. The van der Waals surface area contributed by atoms with E-state index in [0.717, 1.165) is 0 Å². The maximum absolute atomic E-state index is 2.35. The summed E-state index contributed by atoms with van der Waals surface area (Å²) in [5.74, 6) is 0. The van der Waals surface area contributed by atoms with Gasteiger partial charge < -0.3 is 0 Å². The van der Waals surface area contributed by atoms with Gasteiger partial charge in [-0.3, -0.25) is 0 Å². The highest BCUT2D eigenvalue weighted by Crippen LogP contribution is 1.98. The molecule has 0 bridgehead atoms. The van der Waals surface area contributed by atoms with Gasteiger partial charge in [0.1, 0.15) is 0 Å². The molecule has 1 aromatic rings. The van der Waals surface area contributed by atoms with Crippen molar-refractivity contribution in [3.05, 3.63) is 34.7 Å². The highest BCUT2D eigenvalue weighted by Gasteiger charge is 1.84. The number of hydrogen-bond donors (Lipinski definition) is 0. The Morgan fingerprint density at radius 1 is 1.07 bits per heavy atom. The first-order valence-corrected chi connectivity index (χ1v) is 5.60. The molecule has 0 heteroatoms. The van der Waals surface area contributed by atoms with E-state index in [4.69, 9.17) is 0 Å². The first kappa shape index (κ1) is 11.0. The highest BCUT2D eigenvalue weighted by molar-refractivity contribution is 5.30. The van der Waals surface area contributed by atoms with E-state index in [2.05, 4.69) is 50.3 Å². The zero-order valence-corrected chi connectivity index (χ0v) is 9.29. The number of hydrogen-bond acceptors (Lipinski definition) is 0. The minimum Gasteiger partial charge on any atom is -0.0798 e. The molecule has 0 unspecified atom stereocenters. The van der Waals surface area contributed by atoms with Crippen molar-refractivity contribution in [2.75, 3.05) is 0 Å². The number of rotatable bonds is 4. The summed E-state index contributed by atoms with van der Waals surface area (Å²) in [6, 6.07) is 8.57. The van der Waals surface area contributed by atoms with Crippen LogP contribution in [-0.4, -0.2) is 0 Å². The van der Waals surface area contributed by atoms with Crippen molar-refractivity contribution in [2.45, 2.75) is 39.5 Å². The van der Waals surface area contributed by atoms with Crippen LogP contribution in [0.5, 0.6) is 0 Å². The predicted octanol–water partition coefficient (Wildman–Crippen LogP) is 2.85. The van der Waals surface area contributed by atoms with Crippen molar-refractivity contribution in [3.8, 4) is 0 Å². The first-order chi connectivity index (χ1) is 6.88. The predicted molar refractivity (Wildman–Crippen MR) is 64.4 cm³/mol. The van der Waals surface area contributed by atoms with Crippen LogP contribution < -0.4 is 10.4 Å². The quantitative estimate of drug-likeness (QED) is 0.637. The molecule has 0 aliphatic rings. The van der Waals surface area contributed by atoms with E-state index in [1.807, 2.05) is 0 Å². The maximum Gasteiger partial charge on any atom is -0.0227 e. The molecule has 1 aromatic carbocycles. The van der Waals surface area contributed by atoms with Gasteiger partial charge in [0.2, 0.25) is 0 Å². The van der Waals surface area contributed by atoms with E-state index >= 15 is 0 Å². The Bertz CT molecular complexity index is 360. The van der Waals surface area contributed by atoms with Crippen LogP contribution in [0.25, 0.3) is 12.2 Å². The lowest BCUT2D eigenvalue weighted by molar-refractivity contribution is 0.740. The van der Waals surface area contributed by atoms with Crippen molar-refractivity contribution in [2.24, 2.45) is 0 Å². The van der Waals surface area contributed by atoms with Crippen molar-refractivity contribution in [1.29, 1.82) is 0 Å². The van der Waals surface area contributed by atoms with E-state index < -0.39 is 0 Å². The molecule has 0 saturated heterocycles. The summed E-state index contributed by atoms with van der Waals surface area (Å²) in [5, 5.41) is 2.73. The Hall–Kier alpha value is -1.04. The molecule has 76 valence electrons. The van der Waals surface area contributed by atoms with E-state index in [9.17, 15) is 0 Å². The van der Waals surface area contributed by atoms with Crippen LogP contribution >= 0.6 is 0 Å². The van der Waals surface area contributed by atoms with Gasteiger partial charge in [0.25, 0.3) is 0 Å². The maximum atomic E-state index is 2.35. The van der Waals surface area contributed by atoms with Crippen molar-refractivity contribution in [1.82, 2.24) is 0 Å². The molecular weight excluding hydrogens is 168 g/mol. The normalized spacial score (nSPS) is 13.6. The summed E-state index contributed by atoms with van der Waals surface area (Å²) in [5.41, 5.74) is 0. The molecular formula is C14H20. The summed E-state index contributed by atoms with van der Waals surface area (Å²) >= 11 is 0. The number of unbranched alkanes of at least 4 members (excludes halogenated alkanes) is 3. The third-order valence-corrected chi connectivity index (χ3v) is 2.48. The standard InChI is InChI=1S/C14H20/c1-3-5-6-7-11-14-12-9-8-10-13(14)4-2/h4,8-12H,3,5-7H2,1-2H3/b13-4+,14-11-. The van der Waals surface area contributed by atoms with Gasteiger partial charge in [-0.15, -0.1) is 0 Å². The number of benzene rings is 1. The van der Waals surface area contributed by atoms with Gasteiger partial charge in [0.15, 0.2) is 0 Å². The first-order valence-electron chi connectivity index (χ1n) is 5.60. The second kappa shape index (κ2) is 6.42. The van der Waals surface area contributed by atoms with Crippen LogP contribution in [0.1, 0.15) is 39.5 Å². The molecule has 0 aromatic heterocycles. The Kier molecular flexibility index (Phi) is 5.06. The molecule has 0 heterocycles. The van der Waals surface area contributed by atoms with E-state index in [0.29, 0.717) is 0 Å². The lowest BCUT2D eigenvalue weighted by atomic mass is 10.1. The Morgan fingerprint density at radius 2 is 1.79 bits per heavy atom. The fourth-order valence-electron chi connectivity index (χ4n) is 1.61. The molecule has 1 rings (SSSR count). The van der Waals surface area contributed by atoms with Gasteiger partial charge in [-0.2, -0.15) is 0 Å². The smallest absolute Gasteiger partial charge is 0.0227 e. The Morgan fingerprint density at radius 3 is 2.43 bits per heavy atom. The van der Waals surface area contributed by atoms with E-state index in [-0.39, 0.29) is 0 Å². The summed E-state index contributed by atoms with van der Waals surface area (Å²) < 4.78 is 0. The largest absolute Gasteiger partial charge is 0.0798 e. The van der Waals surface area contributed by atoms with Crippen LogP contribution in [0.2, 0.25) is 0 Å². The summed E-state index contributed by atoms with van der Waals surface area (Å²) in [6.45, 7) is 4.34. The van der Waals surface area contributed by atoms with Crippen molar-refractivity contribution >= 4 is 12.2 Å². The molecule has 0 fully saturated rings. The minimum absolute atomic E-state index is 1.21. The Labute approximate surface area is 87.0 Å². The van der Waals surface area contributed by atoms with Crippen molar-refractivity contribution in [3.63, 3.8) is 0 Å². The SMILES string of the molecule is C/C=c1\cccc\c1=C\CCCCC. The van der Waals surface area contributed by atoms with Gasteiger partial charge in [0, 0.05) is 0 Å². The zero-order valence-electron chi connectivity index (χ0n) is 9.29. The monoisotopic (exact) mass is 188 g/mol. The lowest BCUT2D eigenvalue weighted by Gasteiger charge is -1.93. The molecule has 0 aliphatic heterocycles. The minimum atomic E-state index is 1.21. The lowest BCUT2D eigenvalue weighted by Crippen LogP contribution is -2.22. The van der Waals surface area contributed by atoms with Crippen molar-refractivity contribution < 1.29 is 0 Å². The highest BCUT2D eigenvalue weighted by atomic mass is 13.9. The van der Waals surface area contributed by atoms with Gasteiger partial charge in [-0.25, -0.2) is 0 Å². The molecule has 0 nitrogen and oxygen atoms in total. The molecule has 0 spiro atoms. The fourth-order valence-corrected chi connectivity index (χ4v) is 1.61. The summed E-state index contributed by atoms with van der Waals surface area (Å²) in [7, 11) is 0. The molecule has 0 aliphatic carbocycles. The average Bonchev–Trinajstić information content (AvgIpc) is 2.25. The van der Waals surface area contributed by atoms with Crippen LogP contribution in [0, 0.1) is 0 Å². The topological polar surface area (TPSA) is 0 Å². The second-order valence-electron chi connectivity index (χ2n) is 3.62. The average molecular weight is 188 g/mol. The van der Waals surface area contributed by atoms with Crippen LogP contribution in [-0.2, 0) is 0 Å². The molecule has 0 radical (unpaired) electrons. The van der Waals surface area contributed by atoms with E-state index in [1.54, 1.807) is 0 Å². The Balaban J connectivity index is 2.74. The van der Waals surface area contributed by atoms with Gasteiger partial charge >= 0.3 is 0 Å². The third kappa shape index (κ3) is 3.37. The van der Waals surface area contributed by atoms with E-state index in [1.165, 1.54) is 36.1 Å². The second-order valence-corrected chi connectivity index (χ2v) is 3.62. The molecule has 0 atom stereocenters. The molecule has 0 saturated carbocycles. The summed E-state index contributed by atoms with van der Waals surface area (Å²) in [6.07, 6.45) is 9.69. The van der Waals surface area contributed by atoms with Crippen LogP contribution in [0.4, 0.5) is 0 Å². The third-order valence-electron chi connectivity index (χ3n) is 2.48. The van der Waals surface area contributed by atoms with Gasteiger partial charge in [-0.1, -0.05) is 56.2 Å². The summed E-state index contributed by atoms with van der Waals surface area (Å²) in [4.78, 5) is 0. The van der Waals surface area contributed by atoms with Crippen LogP contribution in [0.15, 0.2) is 24.3 Å². The molecule has 0 amide bonds.